The monoisotopic (exact) mass is 327 g/mol. The van der Waals surface area contributed by atoms with Crippen molar-refractivity contribution in [2.45, 2.75) is 32.2 Å². The predicted molar refractivity (Wildman–Crippen MR) is 73.8 cm³/mol. The number of nitrogens with zero attached hydrogens (tertiary/aromatic N) is 2. The SMILES string of the molecule is CCC(N)(CC)c1nc(-c2ccc(F)cc2Br)no1. The lowest BCUT2D eigenvalue weighted by Crippen LogP contribution is -2.35. The summed E-state index contributed by atoms with van der Waals surface area (Å²) in [6.45, 7) is 3.95. The van der Waals surface area contributed by atoms with Gasteiger partial charge in [-0.2, -0.15) is 4.98 Å². The van der Waals surface area contributed by atoms with E-state index in [1.807, 2.05) is 13.8 Å². The first-order chi connectivity index (χ1) is 9.00. The van der Waals surface area contributed by atoms with Gasteiger partial charge in [0.05, 0.1) is 5.54 Å². The Morgan fingerprint density at radius 3 is 2.63 bits per heavy atom. The van der Waals surface area contributed by atoms with Gasteiger partial charge in [0.25, 0.3) is 0 Å². The average Bonchev–Trinajstić information content (AvgIpc) is 2.88. The molecular weight excluding hydrogens is 313 g/mol. The second kappa shape index (κ2) is 5.38. The quantitative estimate of drug-likeness (QED) is 0.931. The molecular formula is C13H15BrFN3O. The summed E-state index contributed by atoms with van der Waals surface area (Å²) in [5.74, 6) is 0.483. The molecule has 0 unspecified atom stereocenters. The van der Waals surface area contributed by atoms with Crippen LogP contribution in [0.2, 0.25) is 0 Å². The fourth-order valence-corrected chi connectivity index (χ4v) is 2.29. The Bertz CT molecular complexity index is 581. The molecule has 0 radical (unpaired) electrons. The van der Waals surface area contributed by atoms with E-state index in [4.69, 9.17) is 10.3 Å². The van der Waals surface area contributed by atoms with E-state index in [2.05, 4.69) is 26.1 Å². The van der Waals surface area contributed by atoms with Crippen molar-refractivity contribution in [2.75, 3.05) is 0 Å². The maximum absolute atomic E-state index is 13.1. The normalized spacial score (nSPS) is 11.8. The fourth-order valence-electron chi connectivity index (χ4n) is 1.76. The molecule has 1 heterocycles. The van der Waals surface area contributed by atoms with E-state index in [1.165, 1.54) is 12.1 Å². The molecule has 0 aliphatic carbocycles. The smallest absolute Gasteiger partial charge is 0.247 e. The van der Waals surface area contributed by atoms with Crippen LogP contribution >= 0.6 is 15.9 Å². The molecule has 0 aliphatic rings. The standard InChI is InChI=1S/C13H15BrFN3O/c1-3-13(16,4-2)12-17-11(18-19-12)9-6-5-8(15)7-10(9)14/h5-7H,3-4,16H2,1-2H3. The number of aromatic nitrogens is 2. The van der Waals surface area contributed by atoms with Crippen molar-refractivity contribution in [1.82, 2.24) is 10.1 Å². The van der Waals surface area contributed by atoms with Crippen molar-refractivity contribution >= 4 is 15.9 Å². The number of benzene rings is 1. The Morgan fingerprint density at radius 1 is 1.37 bits per heavy atom. The topological polar surface area (TPSA) is 64.9 Å². The maximum atomic E-state index is 13.1. The number of hydrogen-bond donors (Lipinski definition) is 1. The Kier molecular flexibility index (Phi) is 4.01. The van der Waals surface area contributed by atoms with E-state index in [-0.39, 0.29) is 5.82 Å². The molecule has 2 aromatic rings. The molecule has 1 aromatic carbocycles. The molecule has 0 bridgehead atoms. The summed E-state index contributed by atoms with van der Waals surface area (Å²) in [5, 5.41) is 3.92. The van der Waals surface area contributed by atoms with E-state index < -0.39 is 5.54 Å². The Labute approximate surface area is 119 Å². The van der Waals surface area contributed by atoms with E-state index in [0.717, 1.165) is 0 Å². The number of nitrogens with two attached hydrogens (primary N) is 1. The van der Waals surface area contributed by atoms with Gasteiger partial charge < -0.3 is 10.3 Å². The molecule has 19 heavy (non-hydrogen) atoms. The van der Waals surface area contributed by atoms with Crippen LogP contribution in [0.5, 0.6) is 0 Å². The predicted octanol–water partition coefficient (Wildman–Crippen LogP) is 3.61. The van der Waals surface area contributed by atoms with Gasteiger partial charge >= 0.3 is 0 Å². The van der Waals surface area contributed by atoms with Gasteiger partial charge in [0.15, 0.2) is 0 Å². The zero-order valence-electron chi connectivity index (χ0n) is 10.8. The van der Waals surface area contributed by atoms with Crippen molar-refractivity contribution in [2.24, 2.45) is 5.73 Å². The maximum Gasteiger partial charge on any atom is 0.247 e. The van der Waals surface area contributed by atoms with Crippen LogP contribution in [0.25, 0.3) is 11.4 Å². The summed E-state index contributed by atoms with van der Waals surface area (Å²) in [6.07, 6.45) is 1.41. The van der Waals surface area contributed by atoms with Crippen molar-refractivity contribution < 1.29 is 8.91 Å². The highest BCUT2D eigenvalue weighted by atomic mass is 79.9. The van der Waals surface area contributed by atoms with Gasteiger partial charge in [0.1, 0.15) is 5.82 Å². The molecule has 0 saturated heterocycles. The first kappa shape index (κ1) is 14.1. The van der Waals surface area contributed by atoms with E-state index in [9.17, 15) is 4.39 Å². The summed E-state index contributed by atoms with van der Waals surface area (Å²) in [4.78, 5) is 4.33. The van der Waals surface area contributed by atoms with E-state index in [1.54, 1.807) is 6.07 Å². The number of hydrogen-bond acceptors (Lipinski definition) is 4. The third kappa shape index (κ3) is 2.69. The summed E-state index contributed by atoms with van der Waals surface area (Å²) >= 11 is 3.28. The Morgan fingerprint density at radius 2 is 2.05 bits per heavy atom. The zero-order valence-corrected chi connectivity index (χ0v) is 12.4. The second-order valence-corrected chi connectivity index (χ2v) is 5.26. The lowest BCUT2D eigenvalue weighted by Gasteiger charge is -2.20. The van der Waals surface area contributed by atoms with Gasteiger partial charge in [0, 0.05) is 10.0 Å². The minimum Gasteiger partial charge on any atom is -0.337 e. The fraction of sp³-hybridized carbons (Fsp3) is 0.385. The van der Waals surface area contributed by atoms with Crippen LogP contribution in [-0.4, -0.2) is 10.1 Å². The minimum absolute atomic E-state index is 0.324. The molecule has 102 valence electrons. The molecule has 2 N–H and O–H groups in total. The molecule has 0 saturated carbocycles. The van der Waals surface area contributed by atoms with Crippen molar-refractivity contribution in [3.05, 3.63) is 34.4 Å². The highest BCUT2D eigenvalue weighted by Gasteiger charge is 2.30. The first-order valence-electron chi connectivity index (χ1n) is 6.08. The lowest BCUT2D eigenvalue weighted by atomic mass is 9.94. The van der Waals surface area contributed by atoms with E-state index >= 15 is 0 Å². The molecule has 4 nitrogen and oxygen atoms in total. The van der Waals surface area contributed by atoms with Gasteiger partial charge in [-0.15, -0.1) is 0 Å². The van der Waals surface area contributed by atoms with Crippen LogP contribution in [0.3, 0.4) is 0 Å². The summed E-state index contributed by atoms with van der Waals surface area (Å²) in [5.41, 5.74) is 6.26. The van der Waals surface area contributed by atoms with Crippen LogP contribution in [0.4, 0.5) is 4.39 Å². The first-order valence-corrected chi connectivity index (χ1v) is 6.88. The third-order valence-corrected chi connectivity index (χ3v) is 3.94. The molecule has 2 rings (SSSR count). The van der Waals surface area contributed by atoms with Crippen LogP contribution in [-0.2, 0) is 5.54 Å². The molecule has 6 heteroatoms. The highest BCUT2D eigenvalue weighted by Crippen LogP contribution is 2.30. The summed E-state index contributed by atoms with van der Waals surface area (Å²) < 4.78 is 18.9. The van der Waals surface area contributed by atoms with E-state index in [0.29, 0.717) is 34.6 Å². The summed E-state index contributed by atoms with van der Waals surface area (Å²) in [7, 11) is 0. The molecule has 1 aromatic heterocycles. The van der Waals surface area contributed by atoms with Gasteiger partial charge in [-0.25, -0.2) is 4.39 Å². The second-order valence-electron chi connectivity index (χ2n) is 4.41. The molecule has 0 atom stereocenters. The van der Waals surface area contributed by atoms with Crippen molar-refractivity contribution in [3.8, 4) is 11.4 Å². The van der Waals surface area contributed by atoms with Crippen LogP contribution < -0.4 is 5.73 Å². The third-order valence-electron chi connectivity index (χ3n) is 3.29. The average molecular weight is 328 g/mol. The Balaban J connectivity index is 2.41. The number of rotatable bonds is 4. The van der Waals surface area contributed by atoms with Crippen LogP contribution in [0.1, 0.15) is 32.6 Å². The largest absolute Gasteiger partial charge is 0.337 e. The van der Waals surface area contributed by atoms with Crippen LogP contribution in [0, 0.1) is 5.82 Å². The van der Waals surface area contributed by atoms with Gasteiger partial charge in [0.2, 0.25) is 11.7 Å². The zero-order chi connectivity index (χ0) is 14.0. The van der Waals surface area contributed by atoms with Gasteiger partial charge in [-0.1, -0.05) is 19.0 Å². The highest BCUT2D eigenvalue weighted by molar-refractivity contribution is 9.10. The van der Waals surface area contributed by atoms with Crippen molar-refractivity contribution in [1.29, 1.82) is 0 Å². The molecule has 0 aliphatic heterocycles. The summed E-state index contributed by atoms with van der Waals surface area (Å²) in [6, 6.07) is 4.32. The van der Waals surface area contributed by atoms with Crippen LogP contribution in [0.15, 0.2) is 27.2 Å². The van der Waals surface area contributed by atoms with Gasteiger partial charge in [-0.05, 0) is 47.0 Å². The molecule has 0 amide bonds. The number of halogens is 2. The minimum atomic E-state index is -0.613. The lowest BCUT2D eigenvalue weighted by molar-refractivity contribution is 0.268. The molecule has 0 spiro atoms. The molecule has 0 fully saturated rings. The Hall–Kier alpha value is -1.27. The van der Waals surface area contributed by atoms with Crippen molar-refractivity contribution in [3.63, 3.8) is 0 Å². The van der Waals surface area contributed by atoms with Gasteiger partial charge in [-0.3, -0.25) is 0 Å².